The maximum atomic E-state index is 13.3. The number of hydrogen-bond donors (Lipinski definition) is 1. The standard InChI is InChI=1S/C21H23ClFNO/c22-19-10-17(23)7-6-16(19)13-24-18-8-9-20(24)21(12-18,14-25)11-15-4-2-1-3-5-15/h1-7,10,18,20,25H,8-9,11-14H2/t18-,20+,21-/m0/s1. The predicted octanol–water partition coefficient (Wildman–Crippen LogP) is 4.44. The maximum Gasteiger partial charge on any atom is 0.124 e. The minimum Gasteiger partial charge on any atom is -0.396 e. The van der Waals surface area contributed by atoms with Crippen LogP contribution in [0.25, 0.3) is 0 Å². The Morgan fingerprint density at radius 3 is 2.68 bits per heavy atom. The van der Waals surface area contributed by atoms with E-state index < -0.39 is 0 Å². The van der Waals surface area contributed by atoms with Gasteiger partial charge in [0.25, 0.3) is 0 Å². The molecule has 132 valence electrons. The number of nitrogens with zero attached hydrogens (tertiary/aromatic N) is 1. The Labute approximate surface area is 153 Å². The van der Waals surface area contributed by atoms with Crippen LogP contribution in [0.5, 0.6) is 0 Å². The van der Waals surface area contributed by atoms with Gasteiger partial charge in [0.05, 0.1) is 6.61 Å². The molecule has 0 saturated carbocycles. The zero-order chi connectivity index (χ0) is 17.4. The quantitative estimate of drug-likeness (QED) is 0.853. The fourth-order valence-electron chi connectivity index (χ4n) is 4.92. The van der Waals surface area contributed by atoms with Gasteiger partial charge in [-0.15, -0.1) is 0 Å². The molecule has 2 heterocycles. The summed E-state index contributed by atoms with van der Waals surface area (Å²) in [6, 6.07) is 15.9. The molecule has 1 N–H and O–H groups in total. The average molecular weight is 360 g/mol. The van der Waals surface area contributed by atoms with Crippen LogP contribution in [0, 0.1) is 11.2 Å². The predicted molar refractivity (Wildman–Crippen MR) is 98.0 cm³/mol. The first kappa shape index (κ1) is 17.0. The molecule has 2 aliphatic heterocycles. The van der Waals surface area contributed by atoms with Crippen LogP contribution in [0.2, 0.25) is 5.02 Å². The number of fused-ring (bicyclic) bond motifs is 2. The van der Waals surface area contributed by atoms with E-state index in [2.05, 4.69) is 29.2 Å². The maximum absolute atomic E-state index is 13.3. The second-order valence-electron chi connectivity index (χ2n) is 7.54. The van der Waals surface area contributed by atoms with E-state index in [1.54, 1.807) is 6.07 Å². The van der Waals surface area contributed by atoms with Crippen molar-refractivity contribution in [2.45, 2.75) is 44.3 Å². The number of benzene rings is 2. The lowest BCUT2D eigenvalue weighted by atomic mass is 9.70. The Bertz CT molecular complexity index is 753. The molecular formula is C21H23ClFNO. The fraction of sp³-hybridized carbons (Fsp3) is 0.429. The van der Waals surface area contributed by atoms with Crippen molar-refractivity contribution in [1.82, 2.24) is 4.90 Å². The molecule has 2 aliphatic rings. The van der Waals surface area contributed by atoms with E-state index in [1.165, 1.54) is 24.1 Å². The molecule has 0 aliphatic carbocycles. The summed E-state index contributed by atoms with van der Waals surface area (Å²) in [5.74, 6) is -0.299. The van der Waals surface area contributed by atoms with Gasteiger partial charge in [-0.05, 0) is 48.9 Å². The number of rotatable bonds is 5. The third-order valence-corrected chi connectivity index (χ3v) is 6.43. The molecule has 2 nitrogen and oxygen atoms in total. The Morgan fingerprint density at radius 2 is 1.96 bits per heavy atom. The van der Waals surface area contributed by atoms with E-state index in [-0.39, 0.29) is 17.8 Å². The van der Waals surface area contributed by atoms with Gasteiger partial charge in [0.1, 0.15) is 5.82 Å². The number of halogens is 2. The summed E-state index contributed by atoms with van der Waals surface area (Å²) >= 11 is 6.24. The molecule has 4 heteroatoms. The van der Waals surface area contributed by atoms with Gasteiger partial charge in [0.2, 0.25) is 0 Å². The van der Waals surface area contributed by atoms with E-state index >= 15 is 0 Å². The van der Waals surface area contributed by atoms with Gasteiger partial charge in [0.15, 0.2) is 0 Å². The molecule has 0 unspecified atom stereocenters. The van der Waals surface area contributed by atoms with E-state index in [4.69, 9.17) is 11.6 Å². The van der Waals surface area contributed by atoms with Crippen molar-refractivity contribution in [3.05, 3.63) is 70.5 Å². The van der Waals surface area contributed by atoms with E-state index in [9.17, 15) is 9.50 Å². The average Bonchev–Trinajstić information content (AvgIpc) is 3.13. The highest BCUT2D eigenvalue weighted by molar-refractivity contribution is 6.31. The van der Waals surface area contributed by atoms with Crippen molar-refractivity contribution in [2.24, 2.45) is 5.41 Å². The van der Waals surface area contributed by atoms with Crippen molar-refractivity contribution >= 4 is 11.6 Å². The molecule has 2 fully saturated rings. The van der Waals surface area contributed by atoms with Gasteiger partial charge in [-0.1, -0.05) is 48.0 Å². The lowest BCUT2D eigenvalue weighted by molar-refractivity contribution is 0.0751. The van der Waals surface area contributed by atoms with Crippen molar-refractivity contribution in [2.75, 3.05) is 6.61 Å². The number of aliphatic hydroxyl groups excluding tert-OH is 1. The summed E-state index contributed by atoms with van der Waals surface area (Å²) in [6.07, 6.45) is 4.19. The number of hydrogen-bond acceptors (Lipinski definition) is 2. The molecule has 0 radical (unpaired) electrons. The molecule has 2 saturated heterocycles. The highest BCUT2D eigenvalue weighted by atomic mass is 35.5. The molecule has 25 heavy (non-hydrogen) atoms. The summed E-state index contributed by atoms with van der Waals surface area (Å²) < 4.78 is 13.3. The monoisotopic (exact) mass is 359 g/mol. The molecule has 2 aromatic carbocycles. The minimum absolute atomic E-state index is 0.0865. The lowest BCUT2D eigenvalue weighted by Crippen LogP contribution is -2.41. The molecule has 0 aromatic heterocycles. The third kappa shape index (κ3) is 3.10. The molecule has 3 atom stereocenters. The molecule has 0 amide bonds. The summed E-state index contributed by atoms with van der Waals surface area (Å²) in [5.41, 5.74) is 2.16. The first-order chi connectivity index (χ1) is 12.1. The highest BCUT2D eigenvalue weighted by Crippen LogP contribution is 2.52. The van der Waals surface area contributed by atoms with Gasteiger partial charge in [0, 0.05) is 29.1 Å². The Morgan fingerprint density at radius 1 is 1.16 bits per heavy atom. The fourth-order valence-corrected chi connectivity index (χ4v) is 5.15. The van der Waals surface area contributed by atoms with Gasteiger partial charge >= 0.3 is 0 Å². The van der Waals surface area contributed by atoms with E-state index in [0.29, 0.717) is 17.1 Å². The first-order valence-corrected chi connectivity index (χ1v) is 9.33. The molecule has 0 spiro atoms. The van der Waals surface area contributed by atoms with Gasteiger partial charge < -0.3 is 5.11 Å². The Kier molecular flexibility index (Phi) is 4.57. The smallest absolute Gasteiger partial charge is 0.124 e. The van der Waals surface area contributed by atoms with Crippen LogP contribution in [0.1, 0.15) is 30.4 Å². The second-order valence-corrected chi connectivity index (χ2v) is 7.95. The van der Waals surface area contributed by atoms with Crippen LogP contribution in [0.4, 0.5) is 4.39 Å². The van der Waals surface area contributed by atoms with Gasteiger partial charge in [-0.2, -0.15) is 0 Å². The summed E-state index contributed by atoms with van der Waals surface area (Å²) in [4.78, 5) is 2.48. The molecule has 2 bridgehead atoms. The largest absolute Gasteiger partial charge is 0.396 e. The van der Waals surface area contributed by atoms with Crippen LogP contribution < -0.4 is 0 Å². The molecular weight excluding hydrogens is 337 g/mol. The lowest BCUT2D eigenvalue weighted by Gasteiger charge is -2.36. The van der Waals surface area contributed by atoms with Gasteiger partial charge in [-0.3, -0.25) is 4.90 Å². The van der Waals surface area contributed by atoms with Crippen molar-refractivity contribution in [3.63, 3.8) is 0 Å². The van der Waals surface area contributed by atoms with E-state index in [0.717, 1.165) is 31.4 Å². The Balaban J connectivity index is 1.57. The van der Waals surface area contributed by atoms with Crippen molar-refractivity contribution < 1.29 is 9.50 Å². The van der Waals surface area contributed by atoms with Crippen LogP contribution in [-0.2, 0) is 13.0 Å². The summed E-state index contributed by atoms with van der Waals surface area (Å²) in [7, 11) is 0. The van der Waals surface area contributed by atoms with Gasteiger partial charge in [-0.25, -0.2) is 4.39 Å². The zero-order valence-corrected chi connectivity index (χ0v) is 14.9. The molecule has 4 rings (SSSR count). The normalized spacial score (nSPS) is 28.6. The molecule has 2 aromatic rings. The number of aliphatic hydroxyl groups is 1. The van der Waals surface area contributed by atoms with Crippen LogP contribution in [-0.4, -0.2) is 28.7 Å². The van der Waals surface area contributed by atoms with Crippen molar-refractivity contribution in [3.8, 4) is 0 Å². The Hall–Kier alpha value is -1.42. The van der Waals surface area contributed by atoms with Crippen molar-refractivity contribution in [1.29, 1.82) is 0 Å². The zero-order valence-electron chi connectivity index (χ0n) is 14.2. The van der Waals surface area contributed by atoms with Crippen LogP contribution >= 0.6 is 11.6 Å². The topological polar surface area (TPSA) is 23.5 Å². The van der Waals surface area contributed by atoms with E-state index in [1.807, 2.05) is 6.07 Å². The summed E-state index contributed by atoms with van der Waals surface area (Å²) in [6.45, 7) is 0.932. The summed E-state index contributed by atoms with van der Waals surface area (Å²) in [5, 5.41) is 10.8. The second kappa shape index (κ2) is 6.71. The van der Waals surface area contributed by atoms with Crippen LogP contribution in [0.3, 0.4) is 0 Å². The van der Waals surface area contributed by atoms with Crippen LogP contribution in [0.15, 0.2) is 48.5 Å². The first-order valence-electron chi connectivity index (χ1n) is 8.96. The minimum atomic E-state index is -0.299. The third-order valence-electron chi connectivity index (χ3n) is 6.07. The highest BCUT2D eigenvalue weighted by Gasteiger charge is 2.55. The SMILES string of the molecule is OC[C@]1(Cc2ccccc2)C[C@@H]2CC[C@H]1N2Cc1ccc(F)cc1Cl.